The molecular weight excluding hydrogens is 1720 g/mol. The van der Waals surface area contributed by atoms with Gasteiger partial charge in [0.2, 0.25) is 0 Å². The lowest BCUT2D eigenvalue weighted by Gasteiger charge is -2.50. The smallest absolute Gasteiger partial charge is 0.0716 e. The number of alkyl halides is 12. The predicted molar refractivity (Wildman–Crippen MR) is 199 cm³/mol. The Kier molecular flexibility index (Phi) is 16.0. The van der Waals surface area contributed by atoms with Crippen LogP contribution >= 0.6 is 294 Å². The number of halogens is 13. The molecule has 0 saturated heterocycles. The zero-order chi connectivity index (χ0) is 16.1. The summed E-state index contributed by atoms with van der Waals surface area (Å²) in [4.78, 5) is 0. The first-order valence-electron chi connectivity index (χ1n) is 3.71. The van der Waals surface area contributed by atoms with Gasteiger partial charge in [0.05, 0.1) is 0 Å². The van der Waals surface area contributed by atoms with Crippen molar-refractivity contribution in [1.82, 2.24) is 0 Å². The van der Waals surface area contributed by atoms with Crippen molar-refractivity contribution in [2.24, 2.45) is 0 Å². The largest absolute Gasteiger partial charge is 0.149 e. The van der Waals surface area contributed by atoms with Crippen molar-refractivity contribution in [3.05, 3.63) is 3.92 Å². The maximum atomic E-state index is 2.65. The molecule has 115 valence electrons. The van der Waals surface area contributed by atoms with Crippen molar-refractivity contribution in [3.8, 4) is 0 Å². The molecule has 0 amide bonds. The van der Waals surface area contributed by atoms with Gasteiger partial charge in [0, 0.05) is 0 Å². The summed E-state index contributed by atoms with van der Waals surface area (Å²) in [6, 6.07) is 0. The normalized spacial score (nSPS) is 16.1. The molecule has 0 rings (SSSR count). The average Bonchev–Trinajstić information content (AvgIpc) is 2.12. The fourth-order valence-electron chi connectivity index (χ4n) is 0.691. The zero-order valence-corrected chi connectivity index (χ0v) is 36.0. The number of rotatable bonds is 5. The van der Waals surface area contributed by atoms with Crippen LogP contribution in [-0.4, -0.2) is 3.16 Å². The molecule has 13 heteroatoms. The molecule has 0 aromatic heterocycles. The lowest BCUT2D eigenvalue weighted by molar-refractivity contribution is 0.841. The Morgan fingerprint density at radius 1 is 0.526 bits per heavy atom. The molecule has 1 radical (unpaired) electrons. The first kappa shape index (κ1) is 28.5. The van der Waals surface area contributed by atoms with Crippen molar-refractivity contribution in [2.45, 2.75) is 3.16 Å². The topological polar surface area (TPSA) is 0 Å². The zero-order valence-electron chi connectivity index (χ0n) is 7.91. The quantitative estimate of drug-likeness (QED) is 0.190. The summed E-state index contributed by atoms with van der Waals surface area (Å²) in [7, 11) is 0. The minimum absolute atomic E-state index is 0.0446. The van der Waals surface area contributed by atoms with Gasteiger partial charge in [-0.05, 0) is 0 Å². The third kappa shape index (κ3) is 7.60. The molecule has 0 heterocycles. The Hall–Kier alpha value is 9.49. The predicted octanol–water partition coefficient (Wildman–Crippen LogP) is 10.6. The number of hydrogen-bond donors (Lipinski definition) is 0. The molecule has 0 aliphatic carbocycles. The van der Waals surface area contributed by atoms with Crippen molar-refractivity contribution in [3.63, 3.8) is 0 Å². The molecular formula is C6I13. The van der Waals surface area contributed by atoms with Crippen LogP contribution in [0.25, 0.3) is 0 Å². The molecule has 0 atom stereocenters. The van der Waals surface area contributed by atoms with E-state index in [1.165, 1.54) is 3.92 Å². The molecule has 0 aromatic rings. The second-order valence-corrected chi connectivity index (χ2v) is 42.1. The molecule has 0 saturated carbocycles. The van der Waals surface area contributed by atoms with Gasteiger partial charge in [0.25, 0.3) is 0 Å². The van der Waals surface area contributed by atoms with E-state index in [1.54, 1.807) is 0 Å². The average molecular weight is 1720 g/mol. The lowest BCUT2D eigenvalue weighted by atomic mass is 10.2. The second-order valence-electron chi connectivity index (χ2n) is 3.03. The van der Waals surface area contributed by atoms with Gasteiger partial charge in [-0.3, -0.25) is 0 Å². The molecule has 0 aliphatic heterocycles. The Balaban J connectivity index is 5.78. The van der Waals surface area contributed by atoms with Gasteiger partial charge >= 0.3 is 0 Å². The Morgan fingerprint density at radius 3 is 1.05 bits per heavy atom. The molecule has 0 spiro atoms. The molecule has 0 aliphatic rings. The van der Waals surface area contributed by atoms with Crippen LogP contribution in [-0.2, 0) is 0 Å². The van der Waals surface area contributed by atoms with E-state index in [2.05, 4.69) is 294 Å². The minimum atomic E-state index is 0.0446. The van der Waals surface area contributed by atoms with Gasteiger partial charge in [0.1, 0.15) is 7.08 Å². The van der Waals surface area contributed by atoms with E-state index in [0.717, 1.165) is 0 Å². The van der Waals surface area contributed by atoms with Crippen LogP contribution in [0.4, 0.5) is 0 Å². The van der Waals surface area contributed by atoms with Gasteiger partial charge in [-0.15, -0.1) is 0 Å². The fraction of sp³-hybridized carbons (Fsp3) is 0.833. The van der Waals surface area contributed by atoms with Crippen LogP contribution in [0.1, 0.15) is 0 Å². The highest BCUT2D eigenvalue weighted by molar-refractivity contribution is 14.3. The van der Waals surface area contributed by atoms with Gasteiger partial charge in [0.15, 0.2) is 0 Å². The minimum Gasteiger partial charge on any atom is -0.0716 e. The van der Waals surface area contributed by atoms with Crippen LogP contribution in [0.3, 0.4) is 0 Å². The summed E-state index contributed by atoms with van der Waals surface area (Å²) in [6.45, 7) is 0. The molecule has 0 unspecified atom stereocenters. The maximum absolute atomic E-state index is 2.65. The van der Waals surface area contributed by atoms with E-state index in [9.17, 15) is 0 Å². The highest BCUT2D eigenvalue weighted by Crippen LogP contribution is 2.74. The van der Waals surface area contributed by atoms with E-state index < -0.39 is 0 Å². The fourth-order valence-corrected chi connectivity index (χ4v) is 16.6. The third-order valence-electron chi connectivity index (χ3n) is 1.67. The van der Waals surface area contributed by atoms with Crippen LogP contribution in [0, 0.1) is 3.92 Å². The van der Waals surface area contributed by atoms with Gasteiger partial charge in [-0.1, -0.05) is 294 Å². The molecule has 19 heavy (non-hydrogen) atoms. The summed E-state index contributed by atoms with van der Waals surface area (Å²) < 4.78 is 1.91. The number of hydrogen-bond acceptors (Lipinski definition) is 0. The Bertz CT molecular complexity index is 319. The van der Waals surface area contributed by atoms with Gasteiger partial charge < -0.3 is 0 Å². The maximum Gasteiger partial charge on any atom is 0.149 e. The summed E-state index contributed by atoms with van der Waals surface area (Å²) in [6.07, 6.45) is 0. The van der Waals surface area contributed by atoms with E-state index in [-0.39, 0.29) is 3.16 Å². The summed E-state index contributed by atoms with van der Waals surface area (Å²) in [5.74, 6) is 0. The van der Waals surface area contributed by atoms with Crippen molar-refractivity contribution < 1.29 is 0 Å². The summed E-state index contributed by atoms with van der Waals surface area (Å²) in [5.41, 5.74) is 0. The van der Waals surface area contributed by atoms with Crippen molar-refractivity contribution in [2.75, 3.05) is 0 Å². The van der Waals surface area contributed by atoms with Crippen molar-refractivity contribution in [1.29, 1.82) is 0 Å². The lowest BCUT2D eigenvalue weighted by Crippen LogP contribution is -2.55. The summed E-state index contributed by atoms with van der Waals surface area (Å²) >= 11 is 33.6. The SMILES string of the molecule is I[C](C(I)(I)I)C(I)(I)C(I)(I)C(I)(I)C(I)(I)I. The van der Waals surface area contributed by atoms with E-state index >= 15 is 0 Å². The van der Waals surface area contributed by atoms with Crippen LogP contribution in [0.2, 0.25) is 0 Å². The molecule has 0 fully saturated rings. The first-order chi connectivity index (χ1) is 7.90. The van der Waals surface area contributed by atoms with Crippen LogP contribution < -0.4 is 0 Å². The van der Waals surface area contributed by atoms with Crippen molar-refractivity contribution >= 4 is 294 Å². The van der Waals surface area contributed by atoms with Gasteiger partial charge in [-0.25, -0.2) is 0 Å². The Morgan fingerprint density at radius 2 is 0.842 bits per heavy atom. The van der Waals surface area contributed by atoms with Crippen LogP contribution in [0.5, 0.6) is 0 Å². The standard InChI is InChI=1S/C6I13/c7-1(3(10,11)12)2(8,9)4(13,14)5(15,16)6(17,18)19. The Labute approximate surface area is 291 Å². The third-order valence-corrected chi connectivity index (χ3v) is 36.1. The van der Waals surface area contributed by atoms with E-state index in [4.69, 9.17) is 0 Å². The van der Waals surface area contributed by atoms with E-state index in [1.807, 2.05) is 0 Å². The summed E-state index contributed by atoms with van der Waals surface area (Å²) in [5, 5.41) is 0. The molecule has 0 nitrogen and oxygen atoms in total. The highest BCUT2D eigenvalue weighted by atomic mass is 127. The van der Waals surface area contributed by atoms with E-state index in [0.29, 0.717) is 0 Å². The molecule has 0 aromatic carbocycles. The molecule has 0 N–H and O–H groups in total. The highest BCUT2D eigenvalue weighted by Gasteiger charge is 2.67. The second kappa shape index (κ2) is 10.7. The molecule has 0 bridgehead atoms. The van der Waals surface area contributed by atoms with Gasteiger partial charge in [-0.2, -0.15) is 0 Å². The first-order valence-corrected chi connectivity index (χ1v) is 17.7. The van der Waals surface area contributed by atoms with Crippen LogP contribution in [0.15, 0.2) is 0 Å². The monoisotopic (exact) mass is 1720 g/mol.